The normalized spacial score (nSPS) is 15.4. The highest BCUT2D eigenvalue weighted by Gasteiger charge is 2.24. The molecule has 0 radical (unpaired) electrons. The first-order valence-electron chi connectivity index (χ1n) is 11.0. The monoisotopic (exact) mass is 458 g/mol. The Hall–Kier alpha value is -2.71. The minimum absolute atomic E-state index is 0.0282. The minimum Gasteiger partial charge on any atom is -0.354 e. The summed E-state index contributed by atoms with van der Waals surface area (Å²) in [7, 11) is 0. The molecular weight excluding hydrogens is 428 g/mol. The van der Waals surface area contributed by atoms with Crippen LogP contribution in [-0.4, -0.2) is 72.0 Å². The minimum atomic E-state index is -0.590. The molecule has 3 rings (SSSR count). The number of carbonyl (C=O) groups excluding carboxylic acids is 2. The maximum absolute atomic E-state index is 12.7. The number of aromatic nitrogens is 2. The van der Waals surface area contributed by atoms with E-state index in [0.29, 0.717) is 17.1 Å². The highest BCUT2D eigenvalue weighted by atomic mass is 35.5. The van der Waals surface area contributed by atoms with E-state index in [9.17, 15) is 9.59 Å². The molecule has 0 bridgehead atoms. The van der Waals surface area contributed by atoms with Crippen molar-refractivity contribution < 1.29 is 9.59 Å². The number of halogens is 1. The molecule has 8 nitrogen and oxygen atoms in total. The van der Waals surface area contributed by atoms with Crippen molar-refractivity contribution in [1.29, 1.82) is 0 Å². The summed E-state index contributed by atoms with van der Waals surface area (Å²) in [4.78, 5) is 38.4. The molecule has 32 heavy (non-hydrogen) atoms. The molecule has 172 valence electrons. The van der Waals surface area contributed by atoms with Gasteiger partial charge in [-0.15, -0.1) is 0 Å². The number of anilines is 1. The quantitative estimate of drug-likeness (QED) is 0.560. The third-order valence-corrected chi connectivity index (χ3v) is 5.75. The fourth-order valence-electron chi connectivity index (χ4n) is 3.61. The third kappa shape index (κ3) is 6.90. The number of piperazine rings is 1. The van der Waals surface area contributed by atoms with Crippen molar-refractivity contribution in [3.8, 4) is 0 Å². The Morgan fingerprint density at radius 3 is 2.34 bits per heavy atom. The van der Waals surface area contributed by atoms with Crippen LogP contribution in [0.15, 0.2) is 42.7 Å². The second-order valence-electron chi connectivity index (χ2n) is 8.22. The van der Waals surface area contributed by atoms with Gasteiger partial charge in [-0.1, -0.05) is 25.4 Å². The van der Waals surface area contributed by atoms with Gasteiger partial charge in [-0.2, -0.15) is 0 Å². The van der Waals surface area contributed by atoms with E-state index >= 15 is 0 Å². The molecule has 0 aliphatic carbocycles. The van der Waals surface area contributed by atoms with Gasteiger partial charge >= 0.3 is 0 Å². The smallest absolute Gasteiger partial charge is 0.251 e. The van der Waals surface area contributed by atoms with Crippen LogP contribution in [-0.2, 0) is 4.79 Å². The Kier molecular flexibility index (Phi) is 8.81. The van der Waals surface area contributed by atoms with Crippen molar-refractivity contribution in [3.05, 3.63) is 53.3 Å². The van der Waals surface area contributed by atoms with Crippen LogP contribution in [0.5, 0.6) is 0 Å². The Morgan fingerprint density at radius 2 is 1.72 bits per heavy atom. The lowest BCUT2D eigenvalue weighted by Crippen LogP contribution is -2.50. The van der Waals surface area contributed by atoms with Gasteiger partial charge < -0.3 is 15.5 Å². The molecule has 2 N–H and O–H groups in total. The van der Waals surface area contributed by atoms with E-state index in [1.165, 1.54) is 0 Å². The first-order valence-corrected chi connectivity index (χ1v) is 11.4. The molecule has 1 unspecified atom stereocenters. The topological polar surface area (TPSA) is 90.5 Å². The molecule has 0 saturated carbocycles. The molecule has 1 fully saturated rings. The standard InChI is InChI=1S/C23H31ClN6O2/c1-17(2)20(28-21(31)18-5-7-19(24)8-6-18)22(32)25-11-4-12-29-13-15-30(16-14-29)23-26-9-3-10-27-23/h3,5-10,17,20H,4,11-16H2,1-2H3,(H,25,32)(H,28,31). The molecule has 1 atom stereocenters. The number of hydrogen-bond acceptors (Lipinski definition) is 6. The number of amides is 2. The first kappa shape index (κ1) is 23.9. The lowest BCUT2D eigenvalue weighted by molar-refractivity contribution is -0.123. The number of benzene rings is 1. The molecular formula is C23H31ClN6O2. The Labute approximate surface area is 194 Å². The van der Waals surface area contributed by atoms with Crippen LogP contribution < -0.4 is 15.5 Å². The van der Waals surface area contributed by atoms with Crippen molar-refractivity contribution in [2.75, 3.05) is 44.2 Å². The van der Waals surface area contributed by atoms with Gasteiger partial charge in [0, 0.05) is 55.7 Å². The van der Waals surface area contributed by atoms with E-state index in [-0.39, 0.29) is 17.7 Å². The van der Waals surface area contributed by atoms with Crippen LogP contribution in [0.2, 0.25) is 5.02 Å². The summed E-state index contributed by atoms with van der Waals surface area (Å²) in [6.07, 6.45) is 4.38. The second-order valence-corrected chi connectivity index (χ2v) is 8.66. The van der Waals surface area contributed by atoms with E-state index in [4.69, 9.17) is 11.6 Å². The molecule has 1 saturated heterocycles. The summed E-state index contributed by atoms with van der Waals surface area (Å²) >= 11 is 5.88. The first-order chi connectivity index (χ1) is 15.4. The van der Waals surface area contributed by atoms with Crippen molar-refractivity contribution in [2.24, 2.45) is 5.92 Å². The van der Waals surface area contributed by atoms with Crippen molar-refractivity contribution in [2.45, 2.75) is 26.3 Å². The summed E-state index contributed by atoms with van der Waals surface area (Å²) in [5.74, 6) is 0.309. The second kappa shape index (κ2) is 11.8. The third-order valence-electron chi connectivity index (χ3n) is 5.50. The van der Waals surface area contributed by atoms with E-state index in [1.54, 1.807) is 36.7 Å². The number of carbonyl (C=O) groups is 2. The van der Waals surface area contributed by atoms with Gasteiger partial charge in [0.1, 0.15) is 6.04 Å². The molecule has 9 heteroatoms. The van der Waals surface area contributed by atoms with Gasteiger partial charge in [-0.3, -0.25) is 14.5 Å². The fraction of sp³-hybridized carbons (Fsp3) is 0.478. The highest BCUT2D eigenvalue weighted by Crippen LogP contribution is 2.11. The number of nitrogens with one attached hydrogen (secondary N) is 2. The number of rotatable bonds is 9. The fourth-order valence-corrected chi connectivity index (χ4v) is 3.74. The van der Waals surface area contributed by atoms with Crippen LogP contribution in [0.1, 0.15) is 30.6 Å². The zero-order valence-electron chi connectivity index (χ0n) is 18.6. The van der Waals surface area contributed by atoms with E-state index < -0.39 is 6.04 Å². The van der Waals surface area contributed by atoms with Gasteiger partial charge in [0.2, 0.25) is 11.9 Å². The molecule has 2 heterocycles. The molecule has 1 aliphatic rings. The van der Waals surface area contributed by atoms with Crippen LogP contribution in [0, 0.1) is 5.92 Å². The van der Waals surface area contributed by atoms with Gasteiger partial charge in [0.15, 0.2) is 0 Å². The summed E-state index contributed by atoms with van der Waals surface area (Å²) in [5, 5.41) is 6.38. The van der Waals surface area contributed by atoms with E-state index in [1.807, 2.05) is 19.9 Å². The van der Waals surface area contributed by atoms with Gasteiger partial charge in [0.05, 0.1) is 0 Å². The summed E-state index contributed by atoms with van der Waals surface area (Å²) in [5.41, 5.74) is 0.480. The molecule has 1 aromatic carbocycles. The van der Waals surface area contributed by atoms with Gasteiger partial charge in [0.25, 0.3) is 5.91 Å². The van der Waals surface area contributed by atoms with Crippen LogP contribution >= 0.6 is 11.6 Å². The molecule has 1 aromatic heterocycles. The van der Waals surface area contributed by atoms with Crippen LogP contribution in [0.4, 0.5) is 5.95 Å². The SMILES string of the molecule is CC(C)C(NC(=O)c1ccc(Cl)cc1)C(=O)NCCCN1CCN(c2ncccn2)CC1. The Morgan fingerprint density at radius 1 is 1.06 bits per heavy atom. The summed E-state index contributed by atoms with van der Waals surface area (Å²) in [6, 6.07) is 7.85. The highest BCUT2D eigenvalue weighted by molar-refractivity contribution is 6.30. The van der Waals surface area contributed by atoms with Crippen molar-refractivity contribution in [1.82, 2.24) is 25.5 Å². The zero-order chi connectivity index (χ0) is 22.9. The number of nitrogens with zero attached hydrogens (tertiary/aromatic N) is 4. The average molecular weight is 459 g/mol. The molecule has 0 spiro atoms. The Balaban J connectivity index is 1.38. The lowest BCUT2D eigenvalue weighted by atomic mass is 10.0. The summed E-state index contributed by atoms with van der Waals surface area (Å²) < 4.78 is 0. The average Bonchev–Trinajstić information content (AvgIpc) is 2.81. The Bertz CT molecular complexity index is 870. The van der Waals surface area contributed by atoms with E-state index in [2.05, 4.69) is 30.4 Å². The van der Waals surface area contributed by atoms with Gasteiger partial charge in [-0.25, -0.2) is 9.97 Å². The number of hydrogen-bond donors (Lipinski definition) is 2. The van der Waals surface area contributed by atoms with Crippen LogP contribution in [0.25, 0.3) is 0 Å². The molecule has 1 aliphatic heterocycles. The maximum atomic E-state index is 12.7. The largest absolute Gasteiger partial charge is 0.354 e. The van der Waals surface area contributed by atoms with Crippen molar-refractivity contribution in [3.63, 3.8) is 0 Å². The van der Waals surface area contributed by atoms with Crippen molar-refractivity contribution >= 4 is 29.4 Å². The van der Waals surface area contributed by atoms with Gasteiger partial charge in [-0.05, 0) is 49.2 Å². The maximum Gasteiger partial charge on any atom is 0.251 e. The zero-order valence-corrected chi connectivity index (χ0v) is 19.4. The van der Waals surface area contributed by atoms with Crippen LogP contribution in [0.3, 0.4) is 0 Å². The predicted molar refractivity (Wildman–Crippen MR) is 126 cm³/mol. The molecule has 2 amide bonds. The molecule has 2 aromatic rings. The van der Waals surface area contributed by atoms with E-state index in [0.717, 1.165) is 45.1 Å². The predicted octanol–water partition coefficient (Wildman–Crippen LogP) is 2.21. The lowest BCUT2D eigenvalue weighted by Gasteiger charge is -2.34. The summed E-state index contributed by atoms with van der Waals surface area (Å²) in [6.45, 7) is 8.99.